The molecule has 14 aromatic carbocycles. The van der Waals surface area contributed by atoms with Crippen LogP contribution in [-0.4, -0.2) is 128 Å². The van der Waals surface area contributed by atoms with Crippen LogP contribution in [0.5, 0.6) is 17.2 Å². The Kier molecular flexibility index (Phi) is 34.0. The molecule has 16 aromatic rings. The molecule has 0 aliphatic carbocycles. The maximum Gasteiger partial charge on any atom is 0.338 e. The fourth-order valence-electron chi connectivity index (χ4n) is 15.9. The third-order valence-electron chi connectivity index (χ3n) is 23.1. The Morgan fingerprint density at radius 2 is 1.11 bits per heavy atom. The number of aromatic nitrogens is 2. The number of esters is 1. The van der Waals surface area contributed by atoms with Gasteiger partial charge in [0.25, 0.3) is 21.8 Å². The number of carboxylic acid groups (broad SMARTS) is 1. The maximum atomic E-state index is 13.8. The molecular weight excluding hydrogens is 1780 g/mol. The molecule has 0 atom stereocenters. The number of hydrogen-bond acceptors (Lipinski definition) is 16. The first-order valence-corrected chi connectivity index (χ1v) is 48.3. The number of phenols is 2. The lowest BCUT2D eigenvalue weighted by atomic mass is 9.99. The second-order valence-corrected chi connectivity index (χ2v) is 37.0. The number of aromatic carboxylic acids is 1. The third kappa shape index (κ3) is 27.4. The second kappa shape index (κ2) is 47.6. The molecule has 0 spiro atoms. The number of benzene rings is 14. The molecule has 1 aliphatic rings. The lowest BCUT2D eigenvalue weighted by molar-refractivity contribution is -0.908. The molecule has 0 saturated carbocycles. The topological polar surface area (TPSA) is 289 Å². The van der Waals surface area contributed by atoms with Gasteiger partial charge in [0, 0.05) is 67.7 Å². The van der Waals surface area contributed by atoms with E-state index in [1.807, 2.05) is 244 Å². The summed E-state index contributed by atoms with van der Waals surface area (Å²) in [6.07, 6.45) is 2.26. The van der Waals surface area contributed by atoms with Crippen molar-refractivity contribution in [1.29, 1.82) is 0 Å². The summed E-state index contributed by atoms with van der Waals surface area (Å²) in [6.45, 7) is 15.5. The molecule has 22 nitrogen and oxygen atoms in total. The summed E-state index contributed by atoms with van der Waals surface area (Å²) in [4.78, 5) is 66.1. The van der Waals surface area contributed by atoms with Crippen LogP contribution in [0.4, 0.5) is 15.8 Å². The van der Waals surface area contributed by atoms with Crippen molar-refractivity contribution < 1.29 is 74.8 Å². The molecular formula is C113H108FN8O14S2+. The standard InChI is InChI=1S/C32H32FN3O3.C28H26N2O4S.C28H22N2O3.C25H27NO4S/c33-29-12-10-26(11-13-29)27-6-4-7-28(22-27)32(37)36(24-30-8-1-2-14-34-30)23-25-5-3-9-31(21-25)39-20-17-35-15-18-38-19-16-35;1-21-9-8-14-25(17-21)35(33,34)29-24-15-16-27(26(18-24)28(31)32)30(19-22-10-4-2-5-11-22)20-23-12-6-3-7-13-23;31-26-13-12-18(16-27(26)32)14-15-29-28(33)23-17-25(30-24-11-4-3-9-22(23)24)21-10-5-7-19-6-1-2-8-20(19)21;1-4-30-25(27)23-14-12-22(13-15-23)18-26(17-21-10-8-19(2)9-11-21)31(28,29)24-7-5-6-20(3)16-24/h1-14,21-22H,15-20,23-24H2;2-18,29H,19-20H2,1H3,(H,31,32);1-13,16-17,31-32H,14-15H2,(H,29,33);5-16H,4,17-18H2,1-3H3/p+1. The Hall–Kier alpha value is -15.5. The average molecular weight is 1890 g/mol. The van der Waals surface area contributed by atoms with Gasteiger partial charge < -0.3 is 49.5 Å². The molecule has 1 fully saturated rings. The molecule has 6 N–H and O–H groups in total. The molecule has 138 heavy (non-hydrogen) atoms. The molecule has 0 unspecified atom stereocenters. The first-order valence-electron chi connectivity index (χ1n) is 45.4. The zero-order valence-electron chi connectivity index (χ0n) is 77.0. The van der Waals surface area contributed by atoms with Crippen LogP contribution in [0.2, 0.25) is 0 Å². The smallest absolute Gasteiger partial charge is 0.338 e. The van der Waals surface area contributed by atoms with Gasteiger partial charge in [-0.3, -0.25) is 19.3 Å². The predicted molar refractivity (Wildman–Crippen MR) is 538 cm³/mol. The van der Waals surface area contributed by atoms with Gasteiger partial charge in [-0.2, -0.15) is 4.31 Å². The van der Waals surface area contributed by atoms with Crippen LogP contribution >= 0.6 is 0 Å². The van der Waals surface area contributed by atoms with Crippen LogP contribution in [-0.2, 0) is 75.2 Å². The third-order valence-corrected chi connectivity index (χ3v) is 26.3. The number of carbonyl (C=O) groups is 4. The van der Waals surface area contributed by atoms with E-state index in [1.54, 1.807) is 103 Å². The normalized spacial score (nSPS) is 11.9. The van der Waals surface area contributed by atoms with Gasteiger partial charge in [-0.15, -0.1) is 0 Å². The molecule has 25 heteroatoms. The van der Waals surface area contributed by atoms with Crippen LogP contribution in [0, 0.1) is 26.6 Å². The van der Waals surface area contributed by atoms with Gasteiger partial charge in [0.05, 0.1) is 75.4 Å². The van der Waals surface area contributed by atoms with E-state index in [0.29, 0.717) is 74.7 Å². The molecule has 1 aliphatic heterocycles. The number of ether oxygens (including phenoxy) is 3. The zero-order chi connectivity index (χ0) is 96.9. The number of fused-ring (bicyclic) bond motifs is 2. The van der Waals surface area contributed by atoms with Crippen molar-refractivity contribution in [3.8, 4) is 39.6 Å². The number of phenolic OH excluding ortho intramolecular Hbond substituents is 2. The second-order valence-electron chi connectivity index (χ2n) is 33.4. The number of carbonyl (C=O) groups excluding carboxylic acids is 3. The quantitative estimate of drug-likeness (QED) is 0.0169. The summed E-state index contributed by atoms with van der Waals surface area (Å²) >= 11 is 0. The largest absolute Gasteiger partial charge is 0.504 e. The molecule has 17 rings (SSSR count). The maximum absolute atomic E-state index is 13.8. The predicted octanol–water partition coefficient (Wildman–Crippen LogP) is 20.0. The number of sulfonamides is 2. The SMILES string of the molecule is CCOC(=O)c1ccc(CN(Cc2ccc(C)cc2)S(=O)(=O)c2cccc(C)c2)cc1.Cc1cccc(S(=O)(=O)Nc2ccc(N(Cc3ccccc3)Cc3ccccc3)c(C(=O)O)c2)c1.O=C(NCCc1ccc(O)c(O)c1)c1cc(-c2cccc3ccccc23)nc2ccccc12.O=C(c1cccc(-c2ccc(F)cc2)c1)N(Cc1cccc(OCC[NH+]2CCOCC2)c1)Cc1ccccn1. The molecule has 2 amide bonds. The first-order chi connectivity index (χ1) is 66.8. The Morgan fingerprint density at radius 3 is 1.78 bits per heavy atom. The molecule has 0 radical (unpaired) electrons. The number of para-hydroxylation sites is 1. The number of aromatic hydroxyl groups is 2. The number of nitrogens with one attached hydrogen (secondary N) is 3. The van der Waals surface area contributed by atoms with E-state index >= 15 is 0 Å². The number of nitrogens with zero attached hydrogens (tertiary/aromatic N) is 5. The summed E-state index contributed by atoms with van der Waals surface area (Å²) in [5.74, 6) is -1.64. The van der Waals surface area contributed by atoms with Crippen LogP contribution in [0.15, 0.2) is 374 Å². The highest BCUT2D eigenvalue weighted by atomic mass is 32.2. The van der Waals surface area contributed by atoms with Gasteiger partial charge in [-0.1, -0.05) is 236 Å². The molecule has 2 aromatic heterocycles. The number of anilines is 2. The minimum atomic E-state index is -3.87. The van der Waals surface area contributed by atoms with Crippen molar-refractivity contribution in [3.63, 3.8) is 0 Å². The Labute approximate surface area is 804 Å². The highest BCUT2D eigenvalue weighted by molar-refractivity contribution is 7.92. The highest BCUT2D eigenvalue weighted by Crippen LogP contribution is 2.35. The van der Waals surface area contributed by atoms with E-state index < -0.39 is 32.0 Å². The van der Waals surface area contributed by atoms with Crippen molar-refractivity contribution in [1.82, 2.24) is 24.5 Å². The number of carboxylic acids is 1. The zero-order valence-corrected chi connectivity index (χ0v) is 78.6. The van der Waals surface area contributed by atoms with Crippen molar-refractivity contribution in [3.05, 3.63) is 448 Å². The number of pyridine rings is 2. The molecule has 702 valence electrons. The summed E-state index contributed by atoms with van der Waals surface area (Å²) in [5.41, 5.74) is 15.7. The van der Waals surface area contributed by atoms with Gasteiger partial charge in [0.1, 0.15) is 37.8 Å². The first kappa shape index (κ1) is 98.5. The van der Waals surface area contributed by atoms with E-state index in [9.17, 15) is 55.7 Å². The van der Waals surface area contributed by atoms with Gasteiger partial charge in [0.2, 0.25) is 10.0 Å². The molecule has 3 heterocycles. The van der Waals surface area contributed by atoms with Gasteiger partial charge >= 0.3 is 11.9 Å². The van der Waals surface area contributed by atoms with Crippen molar-refractivity contribution >= 4 is 76.8 Å². The Bertz CT molecular complexity index is 7060. The fourth-order valence-corrected chi connectivity index (χ4v) is 18.6. The van der Waals surface area contributed by atoms with Crippen molar-refractivity contribution in [2.45, 2.75) is 83.2 Å². The number of hydrogen-bond donors (Lipinski definition) is 6. The van der Waals surface area contributed by atoms with Crippen LogP contribution in [0.25, 0.3) is 44.1 Å². The lowest BCUT2D eigenvalue weighted by Crippen LogP contribution is -3.14. The van der Waals surface area contributed by atoms with Gasteiger partial charge in [-0.25, -0.2) is 35.8 Å². The fraction of sp³-hybridized carbons (Fsp3) is 0.168. The molecule has 1 saturated heterocycles. The van der Waals surface area contributed by atoms with Crippen LogP contribution in [0.1, 0.15) is 104 Å². The number of morpholine rings is 1. The number of aryl methyl sites for hydroxylation is 3. The summed E-state index contributed by atoms with van der Waals surface area (Å²) in [6, 6.07) is 108. The minimum absolute atomic E-state index is 0.0151. The average Bonchev–Trinajstić information content (AvgIpc) is 0.771. The molecule has 0 bridgehead atoms. The Balaban J connectivity index is 0.000000147. The van der Waals surface area contributed by atoms with Gasteiger partial charge in [-0.05, 0) is 228 Å². The van der Waals surface area contributed by atoms with E-state index in [1.165, 1.54) is 45.6 Å². The van der Waals surface area contributed by atoms with Crippen LogP contribution < -0.4 is 24.6 Å². The number of rotatable bonds is 32. The van der Waals surface area contributed by atoms with Gasteiger partial charge in [0.15, 0.2) is 11.5 Å². The van der Waals surface area contributed by atoms with E-state index in [0.717, 1.165) is 138 Å². The highest BCUT2D eigenvalue weighted by Gasteiger charge is 2.28. The van der Waals surface area contributed by atoms with E-state index in [4.69, 9.17) is 19.2 Å². The van der Waals surface area contributed by atoms with Crippen molar-refractivity contribution in [2.75, 3.05) is 62.2 Å². The van der Waals surface area contributed by atoms with E-state index in [2.05, 4.69) is 33.2 Å². The number of quaternary nitrogens is 1. The van der Waals surface area contributed by atoms with E-state index in [-0.39, 0.29) is 63.3 Å². The number of amides is 2. The minimum Gasteiger partial charge on any atom is -0.504 e. The Morgan fingerprint density at radius 1 is 0.500 bits per heavy atom. The summed E-state index contributed by atoms with van der Waals surface area (Å²) in [5, 5.41) is 35.1. The monoisotopic (exact) mass is 1880 g/mol. The lowest BCUT2D eigenvalue weighted by Gasteiger charge is -2.27. The summed E-state index contributed by atoms with van der Waals surface area (Å²) in [7, 11) is -7.59. The van der Waals surface area contributed by atoms with Crippen LogP contribution in [0.3, 0.4) is 0 Å². The number of halogens is 1. The summed E-state index contributed by atoms with van der Waals surface area (Å²) < 4.78 is 86.6. The van der Waals surface area contributed by atoms with Crippen molar-refractivity contribution in [2.24, 2.45) is 0 Å².